The van der Waals surface area contributed by atoms with Crippen LogP contribution in [0.25, 0.3) is 0 Å². The van der Waals surface area contributed by atoms with Gasteiger partial charge < -0.3 is 10.2 Å². The van der Waals surface area contributed by atoms with Crippen molar-refractivity contribution >= 4 is 17.4 Å². The number of nitrogens with one attached hydrogen (secondary N) is 1. The van der Waals surface area contributed by atoms with Crippen LogP contribution in [-0.2, 0) is 17.8 Å². The van der Waals surface area contributed by atoms with Gasteiger partial charge in [0.15, 0.2) is 11.6 Å². The number of carbonyl (C=O) groups is 1. The van der Waals surface area contributed by atoms with Crippen LogP contribution < -0.4 is 10.2 Å². The fourth-order valence-corrected chi connectivity index (χ4v) is 3.84. The Morgan fingerprint density at radius 1 is 1.31 bits per heavy atom. The van der Waals surface area contributed by atoms with Gasteiger partial charge >= 0.3 is 0 Å². The quantitative estimate of drug-likeness (QED) is 0.906. The van der Waals surface area contributed by atoms with Crippen LogP contribution >= 0.6 is 0 Å². The predicted octanol–water partition coefficient (Wildman–Crippen LogP) is 2.17. The van der Waals surface area contributed by atoms with Gasteiger partial charge in [0, 0.05) is 20.0 Å². The molecule has 0 unspecified atom stereocenters. The van der Waals surface area contributed by atoms with Gasteiger partial charge in [0.1, 0.15) is 17.6 Å². The number of fused-ring (bicyclic) bond motifs is 1. The van der Waals surface area contributed by atoms with Crippen LogP contribution in [0.1, 0.15) is 31.3 Å². The molecule has 4 rings (SSSR count). The van der Waals surface area contributed by atoms with E-state index >= 15 is 0 Å². The molecule has 2 aliphatic rings. The zero-order chi connectivity index (χ0) is 18.4. The van der Waals surface area contributed by atoms with Crippen molar-refractivity contribution in [3.8, 4) is 0 Å². The highest BCUT2D eigenvalue weighted by molar-refractivity contribution is 6.02. The van der Waals surface area contributed by atoms with E-state index in [1.165, 1.54) is 12.4 Å². The Kier molecular flexibility index (Phi) is 4.13. The SMILES string of the molecule is Cc1nc(CC2CC(Cn3cc(F)cn3)C2)nc2c1NC(=O)[C@H](C)N2C. The van der Waals surface area contributed by atoms with Gasteiger partial charge in [-0.1, -0.05) is 0 Å². The molecule has 7 nitrogen and oxygen atoms in total. The Hall–Kier alpha value is -2.51. The summed E-state index contributed by atoms with van der Waals surface area (Å²) in [7, 11) is 1.89. The number of anilines is 2. The lowest BCUT2D eigenvalue weighted by Gasteiger charge is -2.36. The molecule has 0 radical (unpaired) electrons. The van der Waals surface area contributed by atoms with Crippen LogP contribution in [0.2, 0.25) is 0 Å². The monoisotopic (exact) mass is 358 g/mol. The standard InChI is InChI=1S/C18H23FN6O/c1-10-16-17(24(3)11(2)18(26)23-16)22-15(21-10)6-12-4-13(5-12)8-25-9-14(19)7-20-25/h7,9,11-13H,4-6,8H2,1-3H3,(H,23,26)/t11-,12?,13?/m0/s1. The zero-order valence-electron chi connectivity index (χ0n) is 15.2. The average molecular weight is 358 g/mol. The van der Waals surface area contributed by atoms with Crippen molar-refractivity contribution in [1.29, 1.82) is 0 Å². The predicted molar refractivity (Wildman–Crippen MR) is 95.4 cm³/mol. The molecule has 1 fully saturated rings. The lowest BCUT2D eigenvalue weighted by molar-refractivity contribution is -0.117. The molecule has 1 aliphatic heterocycles. The fraction of sp³-hybridized carbons (Fsp3) is 0.556. The van der Waals surface area contributed by atoms with Gasteiger partial charge in [0.05, 0.1) is 18.1 Å². The van der Waals surface area contributed by atoms with E-state index in [0.29, 0.717) is 17.5 Å². The summed E-state index contributed by atoms with van der Waals surface area (Å²) in [4.78, 5) is 23.2. The van der Waals surface area contributed by atoms with Gasteiger partial charge in [-0.15, -0.1) is 0 Å². The molecular formula is C18H23FN6O. The first-order valence-electron chi connectivity index (χ1n) is 9.00. The normalized spacial score (nSPS) is 24.8. The molecule has 1 N–H and O–H groups in total. The van der Waals surface area contributed by atoms with Crippen LogP contribution in [0.4, 0.5) is 15.9 Å². The molecule has 138 valence electrons. The highest BCUT2D eigenvalue weighted by Gasteiger charge is 2.33. The number of rotatable bonds is 4. The Bertz CT molecular complexity index is 844. The van der Waals surface area contributed by atoms with Crippen molar-refractivity contribution < 1.29 is 9.18 Å². The summed E-state index contributed by atoms with van der Waals surface area (Å²) >= 11 is 0. The summed E-state index contributed by atoms with van der Waals surface area (Å²) in [6.45, 7) is 4.53. The number of nitrogens with zero attached hydrogens (tertiary/aromatic N) is 5. The number of hydrogen-bond acceptors (Lipinski definition) is 5. The van der Waals surface area contributed by atoms with Crippen molar-refractivity contribution in [2.24, 2.45) is 11.8 Å². The number of amides is 1. The number of carbonyl (C=O) groups excluding carboxylic acids is 1. The van der Waals surface area contributed by atoms with Crippen LogP contribution in [0.15, 0.2) is 12.4 Å². The molecular weight excluding hydrogens is 335 g/mol. The van der Waals surface area contributed by atoms with E-state index in [9.17, 15) is 9.18 Å². The molecule has 0 aromatic carbocycles. The summed E-state index contributed by atoms with van der Waals surface area (Å²) in [6, 6.07) is -0.243. The Labute approximate surface area is 151 Å². The molecule has 0 spiro atoms. The molecule has 2 aromatic rings. The molecule has 26 heavy (non-hydrogen) atoms. The summed E-state index contributed by atoms with van der Waals surface area (Å²) < 4.78 is 14.7. The van der Waals surface area contributed by atoms with Gasteiger partial charge in [0.2, 0.25) is 5.91 Å². The molecule has 2 aromatic heterocycles. The molecule has 3 heterocycles. The third kappa shape index (κ3) is 3.04. The van der Waals surface area contributed by atoms with Crippen LogP contribution in [0.3, 0.4) is 0 Å². The third-order valence-corrected chi connectivity index (χ3v) is 5.51. The lowest BCUT2D eigenvalue weighted by Crippen LogP contribution is -2.45. The minimum Gasteiger partial charge on any atom is -0.346 e. The summed E-state index contributed by atoms with van der Waals surface area (Å²) in [5.74, 6) is 2.37. The third-order valence-electron chi connectivity index (χ3n) is 5.51. The molecule has 0 saturated heterocycles. The summed E-state index contributed by atoms with van der Waals surface area (Å²) in [6.07, 6.45) is 5.66. The maximum absolute atomic E-state index is 13.0. The van der Waals surface area contributed by atoms with E-state index < -0.39 is 0 Å². The van der Waals surface area contributed by atoms with E-state index in [1.807, 2.05) is 25.8 Å². The number of hydrogen-bond donors (Lipinski definition) is 1. The van der Waals surface area contributed by atoms with E-state index in [4.69, 9.17) is 4.98 Å². The second kappa shape index (κ2) is 6.34. The van der Waals surface area contributed by atoms with Gasteiger partial charge in [-0.3, -0.25) is 9.48 Å². The minimum absolute atomic E-state index is 0.0312. The molecule has 8 heteroatoms. The first kappa shape index (κ1) is 16.9. The molecule has 0 bridgehead atoms. The average Bonchev–Trinajstić information content (AvgIpc) is 2.97. The smallest absolute Gasteiger partial charge is 0.246 e. The van der Waals surface area contributed by atoms with Crippen molar-refractivity contribution in [3.05, 3.63) is 29.7 Å². The molecule has 1 amide bonds. The van der Waals surface area contributed by atoms with Crippen LogP contribution in [0, 0.1) is 24.6 Å². The Balaban J connectivity index is 1.41. The highest BCUT2D eigenvalue weighted by atomic mass is 19.1. The van der Waals surface area contributed by atoms with Gasteiger partial charge in [-0.25, -0.2) is 14.4 Å². The number of aryl methyl sites for hydroxylation is 1. The van der Waals surface area contributed by atoms with Gasteiger partial charge in [-0.05, 0) is 38.5 Å². The van der Waals surface area contributed by atoms with Crippen molar-refractivity contribution in [2.75, 3.05) is 17.3 Å². The number of likely N-dealkylation sites (N-methyl/N-ethyl adjacent to an activating group) is 1. The zero-order valence-corrected chi connectivity index (χ0v) is 15.2. The van der Waals surface area contributed by atoms with Gasteiger partial charge in [0.25, 0.3) is 0 Å². The first-order valence-corrected chi connectivity index (χ1v) is 9.00. The van der Waals surface area contributed by atoms with E-state index in [2.05, 4.69) is 15.4 Å². The first-order chi connectivity index (χ1) is 12.4. The Morgan fingerprint density at radius 3 is 2.77 bits per heavy atom. The molecule has 1 aliphatic carbocycles. The molecule has 1 saturated carbocycles. The maximum atomic E-state index is 13.0. The Morgan fingerprint density at radius 2 is 2.08 bits per heavy atom. The minimum atomic E-state index is -0.288. The fourth-order valence-electron chi connectivity index (χ4n) is 3.84. The summed E-state index contributed by atoms with van der Waals surface area (Å²) in [5, 5.41) is 6.91. The van der Waals surface area contributed by atoms with Crippen molar-refractivity contribution in [3.63, 3.8) is 0 Å². The maximum Gasteiger partial charge on any atom is 0.246 e. The largest absolute Gasteiger partial charge is 0.346 e. The van der Waals surface area contributed by atoms with E-state index in [1.54, 1.807) is 4.68 Å². The second-order valence-corrected chi connectivity index (χ2v) is 7.49. The van der Waals surface area contributed by atoms with Crippen molar-refractivity contribution in [2.45, 2.75) is 45.7 Å². The number of halogens is 1. The van der Waals surface area contributed by atoms with E-state index in [-0.39, 0.29) is 17.8 Å². The highest BCUT2D eigenvalue weighted by Crippen LogP contribution is 2.38. The summed E-state index contributed by atoms with van der Waals surface area (Å²) in [5.41, 5.74) is 1.52. The van der Waals surface area contributed by atoms with Gasteiger partial charge in [-0.2, -0.15) is 5.10 Å². The van der Waals surface area contributed by atoms with Crippen LogP contribution in [-0.4, -0.2) is 38.7 Å². The molecule has 1 atom stereocenters. The number of aromatic nitrogens is 4. The van der Waals surface area contributed by atoms with Crippen molar-refractivity contribution in [1.82, 2.24) is 19.7 Å². The lowest BCUT2D eigenvalue weighted by atomic mass is 9.73. The second-order valence-electron chi connectivity index (χ2n) is 7.49. The van der Waals surface area contributed by atoms with E-state index in [0.717, 1.165) is 43.1 Å². The topological polar surface area (TPSA) is 75.9 Å². The van der Waals surface area contributed by atoms with Crippen LogP contribution in [0.5, 0.6) is 0 Å².